The SMILES string of the molecule is O=c1o[nH][n+](-c2ccccc2)c1CNCC1CCCO1. The van der Waals surface area contributed by atoms with Crippen LogP contribution in [0.3, 0.4) is 0 Å². The molecule has 3 rings (SSSR count). The summed E-state index contributed by atoms with van der Waals surface area (Å²) in [6.45, 7) is 2.03. The van der Waals surface area contributed by atoms with Crippen molar-refractivity contribution >= 4 is 0 Å². The molecular formula is C14H18N3O3+. The first-order valence-electron chi connectivity index (χ1n) is 6.85. The molecule has 6 nitrogen and oxygen atoms in total. The number of aromatic nitrogens is 2. The Morgan fingerprint density at radius 3 is 2.95 bits per heavy atom. The highest BCUT2D eigenvalue weighted by atomic mass is 16.5. The summed E-state index contributed by atoms with van der Waals surface area (Å²) < 4.78 is 12.1. The number of aromatic amines is 1. The Morgan fingerprint density at radius 2 is 2.20 bits per heavy atom. The number of benzene rings is 1. The highest BCUT2D eigenvalue weighted by Crippen LogP contribution is 2.10. The van der Waals surface area contributed by atoms with Gasteiger partial charge in [-0.25, -0.2) is 4.79 Å². The van der Waals surface area contributed by atoms with Gasteiger partial charge >= 0.3 is 11.3 Å². The summed E-state index contributed by atoms with van der Waals surface area (Å²) in [6, 6.07) is 9.58. The van der Waals surface area contributed by atoms with Crippen molar-refractivity contribution in [2.45, 2.75) is 25.5 Å². The van der Waals surface area contributed by atoms with Crippen LogP contribution in [-0.2, 0) is 11.3 Å². The normalized spacial score (nSPS) is 18.5. The van der Waals surface area contributed by atoms with Crippen molar-refractivity contribution in [3.63, 3.8) is 0 Å². The Balaban J connectivity index is 1.69. The lowest BCUT2D eigenvalue weighted by Crippen LogP contribution is -2.41. The predicted octanol–water partition coefficient (Wildman–Crippen LogP) is 0.513. The molecule has 0 bridgehead atoms. The average Bonchev–Trinajstić information content (AvgIpc) is 3.11. The van der Waals surface area contributed by atoms with Crippen molar-refractivity contribution < 1.29 is 13.9 Å². The summed E-state index contributed by atoms with van der Waals surface area (Å²) in [4.78, 5) is 11.8. The van der Waals surface area contributed by atoms with Crippen molar-refractivity contribution in [3.8, 4) is 5.69 Å². The molecule has 20 heavy (non-hydrogen) atoms. The van der Waals surface area contributed by atoms with Gasteiger partial charge < -0.3 is 10.1 Å². The Morgan fingerprint density at radius 1 is 1.35 bits per heavy atom. The van der Waals surface area contributed by atoms with Crippen LogP contribution in [-0.4, -0.2) is 24.5 Å². The molecule has 0 saturated carbocycles. The molecule has 1 aliphatic rings. The molecule has 2 heterocycles. The van der Waals surface area contributed by atoms with E-state index in [2.05, 4.69) is 10.6 Å². The Hall–Kier alpha value is -1.92. The molecule has 1 saturated heterocycles. The van der Waals surface area contributed by atoms with Gasteiger partial charge in [-0.05, 0) is 22.8 Å². The van der Waals surface area contributed by atoms with E-state index in [4.69, 9.17) is 9.26 Å². The molecular weight excluding hydrogens is 258 g/mol. The maximum Gasteiger partial charge on any atom is 0.431 e. The minimum Gasteiger partial charge on any atom is -0.377 e. The van der Waals surface area contributed by atoms with Crippen LogP contribution in [0, 0.1) is 0 Å². The van der Waals surface area contributed by atoms with E-state index < -0.39 is 0 Å². The molecule has 6 heteroatoms. The summed E-state index contributed by atoms with van der Waals surface area (Å²) in [5.74, 6) is 0. The maximum atomic E-state index is 11.8. The Labute approximate surface area is 116 Å². The van der Waals surface area contributed by atoms with E-state index in [1.807, 2.05) is 30.3 Å². The van der Waals surface area contributed by atoms with Crippen LogP contribution in [0.5, 0.6) is 0 Å². The van der Waals surface area contributed by atoms with Gasteiger partial charge in [-0.3, -0.25) is 4.52 Å². The fraction of sp³-hybridized carbons (Fsp3) is 0.429. The number of hydrogen-bond donors (Lipinski definition) is 2. The van der Waals surface area contributed by atoms with E-state index >= 15 is 0 Å². The standard InChI is InChI=1S/C14H17N3O3/c18-14-13(10-15-9-12-7-4-8-19-12)17(16-20-14)11-5-2-1-3-6-11/h1-3,5-6,12,15H,4,7-10H2/p+1. The van der Waals surface area contributed by atoms with Gasteiger partial charge in [0.1, 0.15) is 0 Å². The van der Waals surface area contributed by atoms with Gasteiger partial charge in [0.15, 0.2) is 0 Å². The van der Waals surface area contributed by atoms with Gasteiger partial charge in [-0.2, -0.15) is 0 Å². The van der Waals surface area contributed by atoms with Crippen LogP contribution < -0.4 is 15.6 Å². The molecule has 106 valence electrons. The third-order valence-corrected chi connectivity index (χ3v) is 3.44. The molecule has 2 N–H and O–H groups in total. The number of rotatable bonds is 5. The second kappa shape index (κ2) is 6.02. The van der Waals surface area contributed by atoms with E-state index in [-0.39, 0.29) is 11.7 Å². The number of nitrogens with one attached hydrogen (secondary N) is 2. The van der Waals surface area contributed by atoms with Gasteiger partial charge in [0.25, 0.3) is 0 Å². The molecule has 0 amide bonds. The molecule has 1 aromatic heterocycles. The van der Waals surface area contributed by atoms with Crippen LogP contribution in [0.1, 0.15) is 18.5 Å². The van der Waals surface area contributed by atoms with E-state index in [9.17, 15) is 4.79 Å². The molecule has 1 aliphatic heterocycles. The van der Waals surface area contributed by atoms with Crippen LogP contribution in [0.2, 0.25) is 0 Å². The topological polar surface area (TPSA) is 71.1 Å². The molecule has 1 atom stereocenters. The van der Waals surface area contributed by atoms with Gasteiger partial charge in [0.2, 0.25) is 5.69 Å². The Bertz CT molecular complexity index is 600. The third-order valence-electron chi connectivity index (χ3n) is 3.44. The maximum absolute atomic E-state index is 11.8. The second-order valence-corrected chi connectivity index (χ2v) is 4.86. The lowest BCUT2D eigenvalue weighted by Gasteiger charge is -2.08. The minimum atomic E-state index is -0.353. The summed E-state index contributed by atoms with van der Waals surface area (Å²) >= 11 is 0. The lowest BCUT2D eigenvalue weighted by atomic mass is 10.2. The van der Waals surface area contributed by atoms with E-state index in [1.54, 1.807) is 4.68 Å². The van der Waals surface area contributed by atoms with Gasteiger partial charge in [0.05, 0.1) is 12.6 Å². The van der Waals surface area contributed by atoms with Gasteiger partial charge in [-0.1, -0.05) is 18.2 Å². The fourth-order valence-electron chi connectivity index (χ4n) is 2.39. The molecule has 0 aliphatic carbocycles. The number of ether oxygens (including phenoxy) is 1. The summed E-state index contributed by atoms with van der Waals surface area (Å²) in [5.41, 5.74) is 1.06. The highest BCUT2D eigenvalue weighted by Gasteiger charge is 2.23. The molecule has 0 radical (unpaired) electrons. The second-order valence-electron chi connectivity index (χ2n) is 4.86. The molecule has 2 aromatic rings. The van der Waals surface area contributed by atoms with Crippen LogP contribution >= 0.6 is 0 Å². The minimum absolute atomic E-state index is 0.256. The zero-order valence-corrected chi connectivity index (χ0v) is 11.2. The largest absolute Gasteiger partial charge is 0.431 e. The van der Waals surface area contributed by atoms with Crippen molar-refractivity contribution in [2.24, 2.45) is 0 Å². The van der Waals surface area contributed by atoms with Gasteiger partial charge in [-0.15, -0.1) is 0 Å². The van der Waals surface area contributed by atoms with E-state index in [0.717, 1.165) is 31.7 Å². The van der Waals surface area contributed by atoms with Crippen LogP contribution in [0.4, 0.5) is 0 Å². The van der Waals surface area contributed by atoms with Crippen molar-refractivity contribution in [2.75, 3.05) is 13.2 Å². The van der Waals surface area contributed by atoms with E-state index in [1.165, 1.54) is 0 Å². The highest BCUT2D eigenvalue weighted by molar-refractivity contribution is 5.21. The number of H-pyrrole nitrogens is 1. The number of hydrogen-bond acceptors (Lipinski definition) is 4. The Kier molecular flexibility index (Phi) is 3.94. The molecule has 1 unspecified atom stereocenters. The monoisotopic (exact) mass is 276 g/mol. The van der Waals surface area contributed by atoms with Crippen molar-refractivity contribution in [1.29, 1.82) is 0 Å². The van der Waals surface area contributed by atoms with Gasteiger partial charge in [0, 0.05) is 25.3 Å². The zero-order valence-electron chi connectivity index (χ0n) is 11.2. The van der Waals surface area contributed by atoms with Crippen LogP contribution in [0.25, 0.3) is 5.69 Å². The fourth-order valence-corrected chi connectivity index (χ4v) is 2.39. The van der Waals surface area contributed by atoms with Crippen LogP contribution in [0.15, 0.2) is 39.6 Å². The van der Waals surface area contributed by atoms with Crippen molar-refractivity contribution in [1.82, 2.24) is 10.6 Å². The van der Waals surface area contributed by atoms with E-state index in [0.29, 0.717) is 12.2 Å². The first kappa shape index (κ1) is 13.1. The average molecular weight is 276 g/mol. The zero-order chi connectivity index (χ0) is 13.8. The lowest BCUT2D eigenvalue weighted by molar-refractivity contribution is -0.677. The third kappa shape index (κ3) is 2.81. The first-order valence-corrected chi connectivity index (χ1v) is 6.85. The quantitative estimate of drug-likeness (QED) is 0.781. The summed E-state index contributed by atoms with van der Waals surface area (Å²) in [5, 5.41) is 5.88. The predicted molar refractivity (Wildman–Crippen MR) is 71.5 cm³/mol. The van der Waals surface area contributed by atoms with Crippen molar-refractivity contribution in [3.05, 3.63) is 46.4 Å². The number of para-hydroxylation sites is 1. The smallest absolute Gasteiger partial charge is 0.377 e. The molecule has 0 spiro atoms. The first-order chi connectivity index (χ1) is 9.84. The number of nitrogens with zero attached hydrogens (tertiary/aromatic N) is 1. The summed E-state index contributed by atoms with van der Waals surface area (Å²) in [7, 11) is 0. The molecule has 1 fully saturated rings. The molecule has 1 aromatic carbocycles. The summed E-state index contributed by atoms with van der Waals surface area (Å²) in [6.07, 6.45) is 2.45.